The molecule has 0 aliphatic heterocycles. The molecule has 0 saturated carbocycles. The molecule has 0 bridgehead atoms. The molecule has 0 radical (unpaired) electrons. The van der Waals surface area contributed by atoms with Crippen molar-refractivity contribution < 1.29 is 35.3 Å². The lowest BCUT2D eigenvalue weighted by Crippen LogP contribution is -2.28. The minimum Gasteiger partial charge on any atom is -0.465 e. The maximum atomic E-state index is 12.6. The maximum Gasteiger partial charge on any atom is 0.534 e. The predicted octanol–water partition coefficient (Wildman–Crippen LogP) is 4.36. The first-order chi connectivity index (χ1) is 13.6. The summed E-state index contributed by atoms with van der Waals surface area (Å²) in [4.78, 5) is 11.5. The largest absolute Gasteiger partial charge is 0.534 e. The fourth-order valence-electron chi connectivity index (χ4n) is 3.49. The highest BCUT2D eigenvalue weighted by Gasteiger charge is 2.48. The van der Waals surface area contributed by atoms with Crippen LogP contribution in [0.15, 0.2) is 42.5 Å². The van der Waals surface area contributed by atoms with Gasteiger partial charge in [-0.15, -0.1) is 0 Å². The molecule has 0 heterocycles. The Morgan fingerprint density at radius 2 is 1.83 bits per heavy atom. The fraction of sp³-hybridized carbons (Fsp3) is 0.350. The van der Waals surface area contributed by atoms with Gasteiger partial charge < -0.3 is 8.92 Å². The molecule has 5 nitrogen and oxygen atoms in total. The number of methoxy groups -OCH3 is 1. The Morgan fingerprint density at radius 1 is 1.14 bits per heavy atom. The van der Waals surface area contributed by atoms with E-state index in [2.05, 4.69) is 8.92 Å². The van der Waals surface area contributed by atoms with E-state index in [4.69, 9.17) is 0 Å². The van der Waals surface area contributed by atoms with Gasteiger partial charge in [0.25, 0.3) is 0 Å². The third kappa shape index (κ3) is 4.72. The molecule has 3 rings (SSSR count). The molecule has 29 heavy (non-hydrogen) atoms. The molecule has 1 unspecified atom stereocenters. The van der Waals surface area contributed by atoms with E-state index >= 15 is 0 Å². The molecule has 0 amide bonds. The molecular weight excluding hydrogens is 409 g/mol. The van der Waals surface area contributed by atoms with Crippen LogP contribution in [0.1, 0.15) is 45.8 Å². The van der Waals surface area contributed by atoms with Crippen LogP contribution in [0.5, 0.6) is 5.75 Å². The van der Waals surface area contributed by atoms with Crippen LogP contribution in [0.2, 0.25) is 0 Å². The Kier molecular flexibility index (Phi) is 5.88. The lowest BCUT2D eigenvalue weighted by molar-refractivity contribution is -0.0500. The summed E-state index contributed by atoms with van der Waals surface area (Å²) in [6.45, 7) is 0. The lowest BCUT2D eigenvalue weighted by Gasteiger charge is -2.26. The van der Waals surface area contributed by atoms with Crippen LogP contribution in [0.25, 0.3) is 0 Å². The molecule has 2 aromatic carbocycles. The van der Waals surface area contributed by atoms with Gasteiger partial charge >= 0.3 is 21.6 Å². The molecule has 0 fully saturated rings. The van der Waals surface area contributed by atoms with E-state index in [0.717, 1.165) is 36.0 Å². The quantitative estimate of drug-likeness (QED) is 0.402. The Morgan fingerprint density at radius 3 is 2.45 bits per heavy atom. The topological polar surface area (TPSA) is 69.7 Å². The van der Waals surface area contributed by atoms with Gasteiger partial charge in [0.1, 0.15) is 5.75 Å². The van der Waals surface area contributed by atoms with Crippen LogP contribution in [0.4, 0.5) is 13.2 Å². The Labute approximate surface area is 166 Å². The summed E-state index contributed by atoms with van der Waals surface area (Å²) in [7, 11) is -4.41. The fourth-order valence-corrected chi connectivity index (χ4v) is 3.94. The molecule has 0 N–H and O–H groups in total. The van der Waals surface area contributed by atoms with Crippen LogP contribution >= 0.6 is 0 Å². The molecule has 0 saturated heterocycles. The number of alkyl halides is 3. The van der Waals surface area contributed by atoms with E-state index in [1.54, 1.807) is 30.3 Å². The second-order valence-corrected chi connectivity index (χ2v) is 8.36. The molecule has 0 spiro atoms. The van der Waals surface area contributed by atoms with Gasteiger partial charge in [-0.3, -0.25) is 0 Å². The normalized spacial score (nSPS) is 16.8. The number of carbonyl (C=O) groups excluding carboxylic acids is 1. The number of hydrogen-bond acceptors (Lipinski definition) is 5. The van der Waals surface area contributed by atoms with Crippen molar-refractivity contribution in [3.8, 4) is 5.75 Å². The summed E-state index contributed by atoms with van der Waals surface area (Å²) >= 11 is 0. The van der Waals surface area contributed by atoms with Crippen LogP contribution in [0, 0.1) is 0 Å². The van der Waals surface area contributed by atoms with Crippen molar-refractivity contribution in [2.75, 3.05) is 7.11 Å². The molecule has 1 aliphatic carbocycles. The number of rotatable bonds is 5. The minimum absolute atomic E-state index is 0.000123. The first kappa shape index (κ1) is 21.2. The monoisotopic (exact) mass is 428 g/mol. The van der Waals surface area contributed by atoms with Crippen molar-refractivity contribution in [2.24, 2.45) is 0 Å². The maximum absolute atomic E-state index is 12.6. The summed E-state index contributed by atoms with van der Waals surface area (Å²) in [5.41, 5.74) is -2.37. The van der Waals surface area contributed by atoms with E-state index < -0.39 is 21.6 Å². The van der Waals surface area contributed by atoms with E-state index in [9.17, 15) is 26.4 Å². The molecule has 0 aromatic heterocycles. The summed E-state index contributed by atoms with van der Waals surface area (Å²) in [6, 6.07) is 11.1. The first-order valence-corrected chi connectivity index (χ1v) is 10.3. The Bertz CT molecular complexity index is 998. The molecule has 1 atom stereocenters. The van der Waals surface area contributed by atoms with Crippen molar-refractivity contribution in [2.45, 2.75) is 37.1 Å². The molecule has 2 aromatic rings. The van der Waals surface area contributed by atoms with Gasteiger partial charge in [-0.1, -0.05) is 18.2 Å². The standard InChI is InChI=1S/C20H19F3O5S/c1-27-19(24)15-7-5-13(6-8-15)11-16-4-2-3-14-9-10-17(12-18(14)16)28-29(25,26)20(21,22)23/h5-10,12,16H,2-4,11H2,1H3. The third-order valence-corrected chi connectivity index (χ3v) is 5.88. The number of ether oxygens (including phenoxy) is 1. The highest BCUT2D eigenvalue weighted by Crippen LogP contribution is 2.37. The van der Waals surface area contributed by atoms with Crippen molar-refractivity contribution in [3.63, 3.8) is 0 Å². The average Bonchev–Trinajstić information content (AvgIpc) is 2.67. The summed E-state index contributed by atoms with van der Waals surface area (Å²) in [5.74, 6) is -0.791. The summed E-state index contributed by atoms with van der Waals surface area (Å²) in [5, 5.41) is 0. The second kappa shape index (κ2) is 8.06. The van der Waals surface area contributed by atoms with Crippen molar-refractivity contribution in [3.05, 3.63) is 64.7 Å². The second-order valence-electron chi connectivity index (χ2n) is 6.83. The zero-order chi connectivity index (χ0) is 21.2. The van der Waals surface area contributed by atoms with E-state index in [-0.39, 0.29) is 11.7 Å². The van der Waals surface area contributed by atoms with Gasteiger partial charge in [0.2, 0.25) is 0 Å². The van der Waals surface area contributed by atoms with Crippen molar-refractivity contribution in [1.82, 2.24) is 0 Å². The van der Waals surface area contributed by atoms with Crippen LogP contribution in [0.3, 0.4) is 0 Å². The third-order valence-electron chi connectivity index (χ3n) is 4.90. The number of esters is 1. The molecular formula is C20H19F3O5S. The molecule has 156 valence electrons. The predicted molar refractivity (Wildman–Crippen MR) is 99.2 cm³/mol. The smallest absolute Gasteiger partial charge is 0.465 e. The van der Waals surface area contributed by atoms with Crippen molar-refractivity contribution in [1.29, 1.82) is 0 Å². The molecule has 9 heteroatoms. The number of fused-ring (bicyclic) bond motifs is 1. The summed E-state index contributed by atoms with van der Waals surface area (Å²) < 4.78 is 69.3. The van der Waals surface area contributed by atoms with E-state index in [1.807, 2.05) is 0 Å². The summed E-state index contributed by atoms with van der Waals surface area (Å²) in [6.07, 6.45) is 3.09. The zero-order valence-corrected chi connectivity index (χ0v) is 16.3. The van der Waals surface area contributed by atoms with Gasteiger partial charge in [0.05, 0.1) is 12.7 Å². The van der Waals surface area contributed by atoms with Crippen molar-refractivity contribution >= 4 is 16.1 Å². The van der Waals surface area contributed by atoms with Crippen LogP contribution in [-0.4, -0.2) is 27.0 Å². The average molecular weight is 428 g/mol. The first-order valence-electron chi connectivity index (χ1n) is 8.91. The van der Waals surface area contributed by atoms with Gasteiger partial charge in [-0.05, 0) is 72.6 Å². The van der Waals surface area contributed by atoms with E-state index in [1.165, 1.54) is 19.2 Å². The number of carbonyl (C=O) groups is 1. The van der Waals surface area contributed by atoms with Crippen LogP contribution in [-0.2, 0) is 27.7 Å². The Balaban J connectivity index is 1.83. The highest BCUT2D eigenvalue weighted by molar-refractivity contribution is 7.88. The van der Waals surface area contributed by atoms with Crippen LogP contribution < -0.4 is 4.18 Å². The van der Waals surface area contributed by atoms with Gasteiger partial charge in [-0.25, -0.2) is 4.79 Å². The minimum atomic E-state index is -5.71. The van der Waals surface area contributed by atoms with E-state index in [0.29, 0.717) is 12.0 Å². The number of aryl methyl sites for hydroxylation is 1. The number of halogens is 3. The number of benzene rings is 2. The number of hydrogen-bond donors (Lipinski definition) is 0. The van der Waals surface area contributed by atoms with Gasteiger partial charge in [-0.2, -0.15) is 21.6 Å². The lowest BCUT2D eigenvalue weighted by atomic mass is 9.79. The highest BCUT2D eigenvalue weighted by atomic mass is 32.2. The SMILES string of the molecule is COC(=O)c1ccc(CC2CCCc3ccc(OS(=O)(=O)C(F)(F)F)cc32)cc1. The van der Waals surface area contributed by atoms with Gasteiger partial charge in [0, 0.05) is 0 Å². The van der Waals surface area contributed by atoms with Gasteiger partial charge in [0.15, 0.2) is 0 Å². The molecule has 1 aliphatic rings. The Hall–Kier alpha value is -2.55. The zero-order valence-electron chi connectivity index (χ0n) is 15.5.